The molecule has 2 saturated heterocycles. The van der Waals surface area contributed by atoms with Gasteiger partial charge in [-0.3, -0.25) is 14.5 Å². The van der Waals surface area contributed by atoms with Gasteiger partial charge in [0, 0.05) is 45.3 Å². The summed E-state index contributed by atoms with van der Waals surface area (Å²) in [6.45, 7) is 7.63. The number of nitrogens with zero attached hydrogens (tertiary/aromatic N) is 2. The van der Waals surface area contributed by atoms with E-state index in [4.69, 9.17) is 4.42 Å². The van der Waals surface area contributed by atoms with E-state index in [0.717, 1.165) is 51.3 Å². The summed E-state index contributed by atoms with van der Waals surface area (Å²) in [5.74, 6) is 0.0150. The fourth-order valence-electron chi connectivity index (χ4n) is 3.75. The Bertz CT molecular complexity index is 811. The normalized spacial score (nSPS) is 20.8. The van der Waals surface area contributed by atoms with E-state index < -0.39 is 0 Å². The van der Waals surface area contributed by atoms with Crippen LogP contribution < -0.4 is 10.6 Å². The van der Waals surface area contributed by atoms with Crippen LogP contribution in [0.25, 0.3) is 0 Å². The van der Waals surface area contributed by atoms with Crippen molar-refractivity contribution in [3.63, 3.8) is 0 Å². The number of likely N-dealkylation sites (tertiary alicyclic amines) is 1. The Morgan fingerprint density at radius 2 is 2.11 bits per heavy atom. The summed E-state index contributed by atoms with van der Waals surface area (Å²) >= 11 is 1.33. The van der Waals surface area contributed by atoms with E-state index in [-0.39, 0.29) is 17.6 Å². The van der Waals surface area contributed by atoms with Crippen LogP contribution in [0, 0.1) is 6.92 Å². The van der Waals surface area contributed by atoms with E-state index in [1.807, 2.05) is 17.9 Å². The van der Waals surface area contributed by atoms with Crippen LogP contribution in [0.2, 0.25) is 0 Å². The summed E-state index contributed by atoms with van der Waals surface area (Å²) in [5.41, 5.74) is 0.894. The lowest BCUT2D eigenvalue weighted by Crippen LogP contribution is -2.49. The zero-order chi connectivity index (χ0) is 18.8. The second-order valence-electron chi connectivity index (χ2n) is 7.03. The van der Waals surface area contributed by atoms with Crippen molar-refractivity contribution < 1.29 is 14.0 Å². The number of anilines is 1. The highest BCUT2D eigenvalue weighted by Gasteiger charge is 2.32. The highest BCUT2D eigenvalue weighted by atomic mass is 32.1. The molecule has 8 heteroatoms. The number of thiophene rings is 1. The molecule has 2 N–H and O–H groups in total. The first-order chi connectivity index (χ1) is 13.1. The zero-order valence-electron chi connectivity index (χ0n) is 15.4. The SMILES string of the molecule is Cc1cc(NC(=O)c2ccco2)sc1C(=O)N1CCC(N2CCNCC2)C1. The van der Waals surface area contributed by atoms with E-state index in [1.54, 1.807) is 12.1 Å². The van der Waals surface area contributed by atoms with Gasteiger partial charge in [-0.2, -0.15) is 0 Å². The molecule has 2 aliphatic rings. The molecule has 7 nitrogen and oxygen atoms in total. The number of hydrogen-bond acceptors (Lipinski definition) is 6. The third kappa shape index (κ3) is 3.92. The van der Waals surface area contributed by atoms with E-state index in [1.165, 1.54) is 17.6 Å². The van der Waals surface area contributed by atoms with Crippen LogP contribution in [0.5, 0.6) is 0 Å². The number of carbonyl (C=O) groups is 2. The second-order valence-corrected chi connectivity index (χ2v) is 8.09. The van der Waals surface area contributed by atoms with E-state index in [9.17, 15) is 9.59 Å². The fourth-order valence-corrected chi connectivity index (χ4v) is 4.79. The van der Waals surface area contributed by atoms with Gasteiger partial charge < -0.3 is 20.0 Å². The molecule has 0 bridgehead atoms. The van der Waals surface area contributed by atoms with Crippen LogP contribution in [-0.4, -0.2) is 66.9 Å². The largest absolute Gasteiger partial charge is 0.459 e. The van der Waals surface area contributed by atoms with Crippen molar-refractivity contribution in [2.24, 2.45) is 0 Å². The summed E-state index contributed by atoms with van der Waals surface area (Å²) in [7, 11) is 0. The van der Waals surface area contributed by atoms with Crippen LogP contribution in [-0.2, 0) is 0 Å². The molecule has 27 heavy (non-hydrogen) atoms. The molecule has 0 aliphatic carbocycles. The standard InChI is InChI=1S/C19H24N4O3S/c1-13-11-16(21-18(24)15-3-2-10-26-15)27-17(13)19(25)23-7-4-14(12-23)22-8-5-20-6-9-22/h2-3,10-11,14,20H,4-9,12H2,1H3,(H,21,24). The second kappa shape index (κ2) is 7.84. The number of amides is 2. The number of nitrogens with one attached hydrogen (secondary N) is 2. The summed E-state index contributed by atoms with van der Waals surface area (Å²) in [6, 6.07) is 5.59. The minimum atomic E-state index is -0.305. The van der Waals surface area contributed by atoms with Crippen molar-refractivity contribution >= 4 is 28.2 Å². The first kappa shape index (κ1) is 18.2. The number of hydrogen-bond donors (Lipinski definition) is 2. The van der Waals surface area contributed by atoms with Gasteiger partial charge in [0.25, 0.3) is 11.8 Å². The number of carbonyl (C=O) groups excluding carboxylic acids is 2. The predicted octanol–water partition coefficient (Wildman–Crippen LogP) is 2.02. The molecule has 1 atom stereocenters. The van der Waals surface area contributed by atoms with Crippen molar-refractivity contribution in [1.29, 1.82) is 0 Å². The topological polar surface area (TPSA) is 77.8 Å². The molecule has 0 spiro atoms. The van der Waals surface area contributed by atoms with E-state index >= 15 is 0 Å². The monoisotopic (exact) mass is 388 g/mol. The van der Waals surface area contributed by atoms with Crippen molar-refractivity contribution in [3.8, 4) is 0 Å². The fraction of sp³-hybridized carbons (Fsp3) is 0.474. The zero-order valence-corrected chi connectivity index (χ0v) is 16.2. The Hall–Kier alpha value is -2.16. The summed E-state index contributed by atoms with van der Waals surface area (Å²) < 4.78 is 5.11. The minimum Gasteiger partial charge on any atom is -0.459 e. The summed E-state index contributed by atoms with van der Waals surface area (Å²) in [6.07, 6.45) is 2.49. The van der Waals surface area contributed by atoms with Gasteiger partial charge in [-0.05, 0) is 37.1 Å². The summed E-state index contributed by atoms with van der Waals surface area (Å²) in [5, 5.41) is 6.85. The van der Waals surface area contributed by atoms with Gasteiger partial charge in [0.1, 0.15) is 0 Å². The van der Waals surface area contributed by atoms with Gasteiger partial charge in [-0.15, -0.1) is 11.3 Å². The lowest BCUT2D eigenvalue weighted by atomic mass is 10.2. The molecule has 4 heterocycles. The van der Waals surface area contributed by atoms with Crippen LogP contribution >= 0.6 is 11.3 Å². The van der Waals surface area contributed by atoms with Crippen molar-refractivity contribution in [2.45, 2.75) is 19.4 Å². The van der Waals surface area contributed by atoms with Crippen LogP contribution in [0.3, 0.4) is 0 Å². The van der Waals surface area contributed by atoms with Gasteiger partial charge in [-0.25, -0.2) is 0 Å². The molecule has 2 aromatic heterocycles. The molecular weight excluding hydrogens is 364 g/mol. The molecule has 0 radical (unpaired) electrons. The van der Waals surface area contributed by atoms with Crippen molar-refractivity contribution in [1.82, 2.24) is 15.1 Å². The molecule has 144 valence electrons. The predicted molar refractivity (Wildman–Crippen MR) is 104 cm³/mol. The molecule has 2 fully saturated rings. The summed E-state index contributed by atoms with van der Waals surface area (Å²) in [4.78, 5) is 30.3. The Labute approximate surface area is 162 Å². The molecular formula is C19H24N4O3S. The van der Waals surface area contributed by atoms with Crippen molar-refractivity contribution in [3.05, 3.63) is 40.7 Å². The Morgan fingerprint density at radius 1 is 1.30 bits per heavy atom. The van der Waals surface area contributed by atoms with Crippen LogP contribution in [0.15, 0.2) is 28.9 Å². The Balaban J connectivity index is 1.40. The molecule has 0 saturated carbocycles. The first-order valence-electron chi connectivity index (χ1n) is 9.31. The molecule has 0 aromatic carbocycles. The van der Waals surface area contributed by atoms with Crippen LogP contribution in [0.1, 0.15) is 32.2 Å². The molecule has 4 rings (SSSR count). The first-order valence-corrected chi connectivity index (χ1v) is 10.1. The third-order valence-electron chi connectivity index (χ3n) is 5.21. The number of rotatable bonds is 4. The minimum absolute atomic E-state index is 0.0635. The molecule has 2 amide bonds. The average molecular weight is 388 g/mol. The lowest BCUT2D eigenvalue weighted by molar-refractivity contribution is 0.0777. The quantitative estimate of drug-likeness (QED) is 0.838. The number of furan rings is 1. The van der Waals surface area contributed by atoms with Crippen LogP contribution in [0.4, 0.5) is 5.00 Å². The van der Waals surface area contributed by atoms with E-state index in [2.05, 4.69) is 15.5 Å². The number of piperazine rings is 1. The molecule has 1 unspecified atom stereocenters. The van der Waals surface area contributed by atoms with Gasteiger partial charge in [0.05, 0.1) is 16.1 Å². The third-order valence-corrected chi connectivity index (χ3v) is 6.35. The van der Waals surface area contributed by atoms with Gasteiger partial charge in [0.2, 0.25) is 0 Å². The van der Waals surface area contributed by atoms with Gasteiger partial charge in [-0.1, -0.05) is 0 Å². The maximum absolute atomic E-state index is 13.0. The number of aryl methyl sites for hydroxylation is 1. The van der Waals surface area contributed by atoms with Crippen molar-refractivity contribution in [2.75, 3.05) is 44.6 Å². The lowest BCUT2D eigenvalue weighted by Gasteiger charge is -2.32. The molecule has 2 aromatic rings. The Morgan fingerprint density at radius 3 is 2.85 bits per heavy atom. The smallest absolute Gasteiger partial charge is 0.291 e. The van der Waals surface area contributed by atoms with Gasteiger partial charge >= 0.3 is 0 Å². The van der Waals surface area contributed by atoms with E-state index in [0.29, 0.717) is 15.9 Å². The molecule has 2 aliphatic heterocycles. The highest BCUT2D eigenvalue weighted by molar-refractivity contribution is 7.18. The average Bonchev–Trinajstić information content (AvgIpc) is 3.43. The highest BCUT2D eigenvalue weighted by Crippen LogP contribution is 2.30. The maximum atomic E-state index is 13.0. The Kier molecular flexibility index (Phi) is 5.29. The van der Waals surface area contributed by atoms with Gasteiger partial charge in [0.15, 0.2) is 5.76 Å². The maximum Gasteiger partial charge on any atom is 0.291 e.